The Morgan fingerprint density at radius 3 is 2.62 bits per heavy atom. The summed E-state index contributed by atoms with van der Waals surface area (Å²) in [6.07, 6.45) is 4.10. The zero-order chi connectivity index (χ0) is 9.90. The predicted molar refractivity (Wildman–Crippen MR) is 58.0 cm³/mol. The van der Waals surface area contributed by atoms with Crippen molar-refractivity contribution in [3.05, 3.63) is 0 Å². The molecule has 1 N–H and O–H groups in total. The maximum absolute atomic E-state index is 3.32. The molecular weight excluding hydrogens is 160 g/mol. The van der Waals surface area contributed by atoms with Crippen LogP contribution in [0.1, 0.15) is 40.0 Å². The zero-order valence-corrected chi connectivity index (χ0v) is 9.56. The average Bonchev–Trinajstić information content (AvgIpc) is 2.04. The molecule has 1 unspecified atom stereocenters. The van der Waals surface area contributed by atoms with Crippen LogP contribution >= 0.6 is 0 Å². The topological polar surface area (TPSA) is 15.3 Å². The lowest BCUT2D eigenvalue weighted by Gasteiger charge is -2.47. The lowest BCUT2D eigenvalue weighted by molar-refractivity contribution is 0.0343. The number of likely N-dealkylation sites (N-methyl/N-ethyl adjacent to an activating group) is 1. The van der Waals surface area contributed by atoms with E-state index >= 15 is 0 Å². The molecule has 1 heterocycles. The highest BCUT2D eigenvalue weighted by Gasteiger charge is 2.34. The maximum Gasteiger partial charge on any atom is 0.0308 e. The van der Waals surface area contributed by atoms with E-state index in [2.05, 4.69) is 38.0 Å². The first-order valence-corrected chi connectivity index (χ1v) is 5.51. The van der Waals surface area contributed by atoms with Gasteiger partial charge < -0.3 is 5.32 Å². The van der Waals surface area contributed by atoms with Crippen molar-refractivity contribution < 1.29 is 0 Å². The number of likely N-dealkylation sites (tertiary alicyclic amines) is 1. The van der Waals surface area contributed by atoms with Crippen LogP contribution in [0.5, 0.6) is 0 Å². The second-order valence-electron chi connectivity index (χ2n) is 4.77. The summed E-state index contributed by atoms with van der Waals surface area (Å²) < 4.78 is 0. The molecule has 2 nitrogen and oxygen atoms in total. The maximum atomic E-state index is 3.32. The van der Waals surface area contributed by atoms with Crippen molar-refractivity contribution in [1.82, 2.24) is 10.2 Å². The lowest BCUT2D eigenvalue weighted by atomic mass is 9.87. The highest BCUT2D eigenvalue weighted by Crippen LogP contribution is 2.28. The van der Waals surface area contributed by atoms with E-state index in [0.717, 1.165) is 6.54 Å². The van der Waals surface area contributed by atoms with Gasteiger partial charge in [0.15, 0.2) is 0 Å². The normalized spacial score (nSPS) is 31.2. The molecule has 2 heteroatoms. The Balaban J connectivity index is 2.65. The third-order valence-electron chi connectivity index (χ3n) is 3.24. The molecule has 1 saturated heterocycles. The summed E-state index contributed by atoms with van der Waals surface area (Å²) in [5.41, 5.74) is 0.390. The van der Waals surface area contributed by atoms with Gasteiger partial charge in [-0.15, -0.1) is 0 Å². The molecule has 0 spiro atoms. The van der Waals surface area contributed by atoms with Gasteiger partial charge in [-0.25, -0.2) is 0 Å². The molecule has 0 aromatic rings. The monoisotopic (exact) mass is 184 g/mol. The average molecular weight is 184 g/mol. The molecule has 0 saturated carbocycles. The van der Waals surface area contributed by atoms with E-state index in [1.165, 1.54) is 25.8 Å². The number of hydrogen-bond acceptors (Lipinski definition) is 2. The first-order chi connectivity index (χ1) is 6.10. The molecular formula is C11H24N2. The number of rotatable bonds is 3. The summed E-state index contributed by atoms with van der Waals surface area (Å²) in [4.78, 5) is 2.65. The molecule has 0 aliphatic carbocycles. The fourth-order valence-electron chi connectivity index (χ4n) is 2.65. The van der Waals surface area contributed by atoms with Crippen molar-refractivity contribution in [3.63, 3.8) is 0 Å². The van der Waals surface area contributed by atoms with E-state index < -0.39 is 0 Å². The Morgan fingerprint density at radius 2 is 2.08 bits per heavy atom. The molecule has 78 valence electrons. The van der Waals surface area contributed by atoms with Gasteiger partial charge in [-0.05, 0) is 47.2 Å². The largest absolute Gasteiger partial charge is 0.318 e. The van der Waals surface area contributed by atoms with Crippen LogP contribution in [-0.4, -0.2) is 36.6 Å². The fourth-order valence-corrected chi connectivity index (χ4v) is 2.65. The summed E-state index contributed by atoms with van der Waals surface area (Å²) in [6, 6.07) is 0.679. The van der Waals surface area contributed by atoms with Crippen molar-refractivity contribution in [1.29, 1.82) is 0 Å². The first kappa shape index (κ1) is 11.0. The quantitative estimate of drug-likeness (QED) is 0.720. The standard InChI is InChI=1S/C11H24N2/c1-10(2)13-8-6-5-7-11(13,3)9-12-4/h10,12H,5-9H2,1-4H3. The molecule has 1 atom stereocenters. The first-order valence-electron chi connectivity index (χ1n) is 5.51. The Bertz CT molecular complexity index is 152. The van der Waals surface area contributed by atoms with Crippen molar-refractivity contribution in [2.75, 3.05) is 20.1 Å². The molecule has 1 rings (SSSR count). The van der Waals surface area contributed by atoms with Crippen LogP contribution in [0, 0.1) is 0 Å². The second-order valence-corrected chi connectivity index (χ2v) is 4.77. The molecule has 1 aliphatic heterocycles. The van der Waals surface area contributed by atoms with Crippen LogP contribution in [0.15, 0.2) is 0 Å². The number of piperidine rings is 1. The summed E-state index contributed by atoms with van der Waals surface area (Å²) in [6.45, 7) is 9.39. The van der Waals surface area contributed by atoms with Crippen LogP contribution in [0.25, 0.3) is 0 Å². The van der Waals surface area contributed by atoms with Crippen molar-refractivity contribution in [2.24, 2.45) is 0 Å². The zero-order valence-electron chi connectivity index (χ0n) is 9.56. The highest BCUT2D eigenvalue weighted by atomic mass is 15.2. The van der Waals surface area contributed by atoms with Gasteiger partial charge in [0.1, 0.15) is 0 Å². The number of nitrogens with one attached hydrogen (secondary N) is 1. The minimum absolute atomic E-state index is 0.390. The van der Waals surface area contributed by atoms with Gasteiger partial charge in [-0.3, -0.25) is 4.90 Å². The van der Waals surface area contributed by atoms with Crippen LogP contribution in [0.3, 0.4) is 0 Å². The van der Waals surface area contributed by atoms with E-state index in [-0.39, 0.29) is 0 Å². The molecule has 0 aromatic heterocycles. The minimum Gasteiger partial charge on any atom is -0.318 e. The summed E-state index contributed by atoms with van der Waals surface area (Å²) in [7, 11) is 2.05. The van der Waals surface area contributed by atoms with E-state index in [1.807, 2.05) is 0 Å². The Labute approximate surface area is 82.7 Å². The fraction of sp³-hybridized carbons (Fsp3) is 1.00. The van der Waals surface area contributed by atoms with E-state index in [9.17, 15) is 0 Å². The minimum atomic E-state index is 0.390. The second kappa shape index (κ2) is 4.43. The molecule has 13 heavy (non-hydrogen) atoms. The summed E-state index contributed by atoms with van der Waals surface area (Å²) in [5, 5.41) is 3.32. The number of nitrogens with zero attached hydrogens (tertiary/aromatic N) is 1. The SMILES string of the molecule is CNCC1(C)CCCCN1C(C)C. The van der Waals surface area contributed by atoms with Gasteiger partial charge in [0.25, 0.3) is 0 Å². The van der Waals surface area contributed by atoms with Crippen LogP contribution in [-0.2, 0) is 0 Å². The third-order valence-corrected chi connectivity index (χ3v) is 3.24. The van der Waals surface area contributed by atoms with Gasteiger partial charge in [-0.2, -0.15) is 0 Å². The van der Waals surface area contributed by atoms with Crippen molar-refractivity contribution in [2.45, 2.75) is 51.6 Å². The predicted octanol–water partition coefficient (Wildman–Crippen LogP) is 1.86. The Kier molecular flexibility index (Phi) is 3.74. The van der Waals surface area contributed by atoms with Crippen molar-refractivity contribution >= 4 is 0 Å². The van der Waals surface area contributed by atoms with Gasteiger partial charge in [0.05, 0.1) is 0 Å². The molecule has 0 radical (unpaired) electrons. The molecule has 1 fully saturated rings. The van der Waals surface area contributed by atoms with E-state index in [4.69, 9.17) is 0 Å². The van der Waals surface area contributed by atoms with Gasteiger partial charge in [0.2, 0.25) is 0 Å². The van der Waals surface area contributed by atoms with Crippen LogP contribution < -0.4 is 5.32 Å². The third kappa shape index (κ3) is 2.44. The Hall–Kier alpha value is -0.0800. The van der Waals surface area contributed by atoms with Gasteiger partial charge in [-0.1, -0.05) is 6.42 Å². The molecule has 0 bridgehead atoms. The van der Waals surface area contributed by atoms with Crippen LogP contribution in [0.2, 0.25) is 0 Å². The summed E-state index contributed by atoms with van der Waals surface area (Å²) >= 11 is 0. The molecule has 0 aromatic carbocycles. The highest BCUT2D eigenvalue weighted by molar-refractivity contribution is 4.92. The molecule has 1 aliphatic rings. The van der Waals surface area contributed by atoms with E-state index in [1.54, 1.807) is 0 Å². The Morgan fingerprint density at radius 1 is 1.38 bits per heavy atom. The van der Waals surface area contributed by atoms with Crippen molar-refractivity contribution in [3.8, 4) is 0 Å². The summed E-state index contributed by atoms with van der Waals surface area (Å²) in [5.74, 6) is 0. The van der Waals surface area contributed by atoms with Gasteiger partial charge in [0, 0.05) is 18.1 Å². The van der Waals surface area contributed by atoms with Crippen LogP contribution in [0.4, 0.5) is 0 Å². The molecule has 0 amide bonds. The lowest BCUT2D eigenvalue weighted by Crippen LogP contribution is -2.57. The van der Waals surface area contributed by atoms with E-state index in [0.29, 0.717) is 11.6 Å². The van der Waals surface area contributed by atoms with Gasteiger partial charge >= 0.3 is 0 Å². The number of hydrogen-bond donors (Lipinski definition) is 1. The smallest absolute Gasteiger partial charge is 0.0308 e.